The molecule has 2 aliphatic heterocycles. The van der Waals surface area contributed by atoms with Crippen molar-refractivity contribution in [3.8, 4) is 23.0 Å². The van der Waals surface area contributed by atoms with Crippen LogP contribution in [0.4, 0.5) is 13.2 Å². The van der Waals surface area contributed by atoms with Crippen molar-refractivity contribution in [1.82, 2.24) is 5.32 Å². The summed E-state index contributed by atoms with van der Waals surface area (Å²) < 4.78 is 60.3. The molecular weight excluding hydrogens is 503 g/mol. The van der Waals surface area contributed by atoms with Crippen LogP contribution in [0.1, 0.15) is 22.3 Å². The monoisotopic (exact) mass is 529 g/mol. The van der Waals surface area contributed by atoms with E-state index < -0.39 is 23.6 Å². The molecule has 1 amide bonds. The molecule has 5 rings (SSSR count). The number of ether oxygens (including phenoxy) is 4. The normalized spacial score (nSPS) is 15.3. The maximum absolute atomic E-state index is 13.5. The Morgan fingerprint density at radius 1 is 0.789 bits per heavy atom. The molecule has 2 heterocycles. The third-order valence-electron chi connectivity index (χ3n) is 6.72. The lowest BCUT2D eigenvalue weighted by atomic mass is 9.82. The summed E-state index contributed by atoms with van der Waals surface area (Å²) in [5, 5.41) is 13.2. The van der Waals surface area contributed by atoms with E-state index in [4.69, 9.17) is 18.9 Å². The Morgan fingerprint density at radius 2 is 1.32 bits per heavy atom. The van der Waals surface area contributed by atoms with Crippen molar-refractivity contribution in [2.75, 3.05) is 20.2 Å². The van der Waals surface area contributed by atoms with Crippen LogP contribution in [0.3, 0.4) is 0 Å². The minimum atomic E-state index is -4.43. The van der Waals surface area contributed by atoms with Gasteiger partial charge in [0.25, 0.3) is 0 Å². The van der Waals surface area contributed by atoms with Crippen LogP contribution in [0, 0.1) is 11.8 Å². The molecule has 7 nitrogen and oxygen atoms in total. The third kappa shape index (κ3) is 5.80. The van der Waals surface area contributed by atoms with Crippen LogP contribution in [0.15, 0.2) is 60.7 Å². The van der Waals surface area contributed by atoms with Gasteiger partial charge in [-0.1, -0.05) is 24.3 Å². The highest BCUT2D eigenvalue weighted by atomic mass is 19.4. The van der Waals surface area contributed by atoms with Gasteiger partial charge in [-0.3, -0.25) is 4.79 Å². The van der Waals surface area contributed by atoms with Crippen LogP contribution in [0.2, 0.25) is 0 Å². The highest BCUT2D eigenvalue weighted by Gasteiger charge is 2.31. The maximum atomic E-state index is 13.5. The average Bonchev–Trinajstić information content (AvgIpc) is 3.57. The highest BCUT2D eigenvalue weighted by molar-refractivity contribution is 5.79. The first-order valence-corrected chi connectivity index (χ1v) is 12.1. The molecule has 10 heteroatoms. The molecule has 2 atom stereocenters. The fourth-order valence-corrected chi connectivity index (χ4v) is 4.63. The Hall–Kier alpha value is -3.92. The second-order valence-electron chi connectivity index (χ2n) is 9.25. The molecule has 3 aromatic rings. The Morgan fingerprint density at radius 3 is 1.87 bits per heavy atom. The lowest BCUT2D eigenvalue weighted by Gasteiger charge is -2.25. The predicted octanol–water partition coefficient (Wildman–Crippen LogP) is 4.49. The molecule has 0 fully saturated rings. The van der Waals surface area contributed by atoms with Gasteiger partial charge in [0.05, 0.1) is 5.56 Å². The number of hydrogen-bond acceptors (Lipinski definition) is 6. The number of carbonyl (C=O) groups is 1. The molecule has 0 spiro atoms. The van der Waals surface area contributed by atoms with Crippen LogP contribution in [0.25, 0.3) is 0 Å². The Labute approximate surface area is 217 Å². The minimum Gasteiger partial charge on any atom is -0.454 e. The highest BCUT2D eigenvalue weighted by Crippen LogP contribution is 2.36. The van der Waals surface area contributed by atoms with E-state index in [1.165, 1.54) is 12.1 Å². The van der Waals surface area contributed by atoms with Gasteiger partial charge in [-0.05, 0) is 71.8 Å². The molecule has 38 heavy (non-hydrogen) atoms. The Bertz CT molecular complexity index is 1290. The van der Waals surface area contributed by atoms with Crippen molar-refractivity contribution in [3.05, 3.63) is 82.9 Å². The number of aliphatic hydroxyl groups is 1. The number of alkyl halides is 3. The summed E-state index contributed by atoms with van der Waals surface area (Å²) in [5.41, 5.74) is 1.48. The van der Waals surface area contributed by atoms with E-state index in [9.17, 15) is 23.1 Å². The van der Waals surface area contributed by atoms with E-state index in [-0.39, 0.29) is 32.6 Å². The number of rotatable bonds is 9. The number of benzene rings is 3. The molecule has 0 unspecified atom stereocenters. The van der Waals surface area contributed by atoms with Crippen molar-refractivity contribution in [3.63, 3.8) is 0 Å². The van der Waals surface area contributed by atoms with E-state index in [1.54, 1.807) is 12.1 Å². The van der Waals surface area contributed by atoms with Crippen LogP contribution in [-0.2, 0) is 30.4 Å². The number of hydrogen-bond donors (Lipinski definition) is 2. The van der Waals surface area contributed by atoms with Gasteiger partial charge in [0, 0.05) is 19.1 Å². The summed E-state index contributed by atoms with van der Waals surface area (Å²) in [7, 11) is 0. The largest absolute Gasteiger partial charge is 0.454 e. The van der Waals surface area contributed by atoms with Gasteiger partial charge in [0.15, 0.2) is 23.0 Å². The average molecular weight is 530 g/mol. The zero-order chi connectivity index (χ0) is 26.7. The first kappa shape index (κ1) is 25.7. The smallest absolute Gasteiger partial charge is 0.416 e. The number of nitrogens with one attached hydrogen (secondary N) is 1. The van der Waals surface area contributed by atoms with E-state index >= 15 is 0 Å². The van der Waals surface area contributed by atoms with Gasteiger partial charge in [-0.25, -0.2) is 0 Å². The fourth-order valence-electron chi connectivity index (χ4n) is 4.63. The third-order valence-corrected chi connectivity index (χ3v) is 6.72. The lowest BCUT2D eigenvalue weighted by Crippen LogP contribution is -2.38. The van der Waals surface area contributed by atoms with E-state index in [0.717, 1.165) is 23.3 Å². The summed E-state index contributed by atoms with van der Waals surface area (Å²) >= 11 is 0. The molecule has 0 saturated heterocycles. The Balaban J connectivity index is 1.34. The number of carbonyl (C=O) groups excluding carboxylic acids is 1. The first-order valence-electron chi connectivity index (χ1n) is 12.1. The molecule has 2 aliphatic rings. The van der Waals surface area contributed by atoms with Crippen LogP contribution < -0.4 is 24.3 Å². The van der Waals surface area contributed by atoms with Crippen molar-refractivity contribution in [2.45, 2.75) is 25.6 Å². The second kappa shape index (κ2) is 10.8. The molecule has 0 bridgehead atoms. The van der Waals surface area contributed by atoms with Crippen molar-refractivity contribution in [2.24, 2.45) is 11.8 Å². The Kier molecular flexibility index (Phi) is 7.33. The minimum absolute atomic E-state index is 0.0524. The topological polar surface area (TPSA) is 86.3 Å². The molecule has 200 valence electrons. The number of amides is 1. The van der Waals surface area contributed by atoms with Crippen LogP contribution >= 0.6 is 0 Å². The van der Waals surface area contributed by atoms with Gasteiger partial charge in [0.2, 0.25) is 19.5 Å². The molecule has 0 aromatic heterocycles. The van der Waals surface area contributed by atoms with Gasteiger partial charge in [-0.15, -0.1) is 0 Å². The van der Waals surface area contributed by atoms with Gasteiger partial charge in [0.1, 0.15) is 0 Å². The zero-order valence-electron chi connectivity index (χ0n) is 20.3. The summed E-state index contributed by atoms with van der Waals surface area (Å²) in [6, 6.07) is 15.6. The quantitative estimate of drug-likeness (QED) is 0.425. The van der Waals surface area contributed by atoms with Gasteiger partial charge >= 0.3 is 6.18 Å². The molecule has 0 aliphatic carbocycles. The maximum Gasteiger partial charge on any atom is 0.416 e. The predicted molar refractivity (Wildman–Crippen MR) is 130 cm³/mol. The zero-order valence-corrected chi connectivity index (χ0v) is 20.3. The molecule has 0 saturated carbocycles. The molecular formula is C28H26F3NO6. The van der Waals surface area contributed by atoms with Gasteiger partial charge < -0.3 is 29.4 Å². The number of aliphatic hydroxyl groups excluding tert-OH is 1. The number of fused-ring (bicyclic) bond motifs is 2. The summed E-state index contributed by atoms with van der Waals surface area (Å²) in [4.78, 5) is 13.5. The molecule has 2 N–H and O–H groups in total. The van der Waals surface area contributed by atoms with Crippen molar-refractivity contribution in [1.29, 1.82) is 0 Å². The van der Waals surface area contributed by atoms with E-state index in [0.29, 0.717) is 41.4 Å². The van der Waals surface area contributed by atoms with E-state index in [2.05, 4.69) is 5.32 Å². The van der Waals surface area contributed by atoms with Crippen molar-refractivity contribution < 1.29 is 42.0 Å². The molecule has 0 radical (unpaired) electrons. The van der Waals surface area contributed by atoms with Crippen molar-refractivity contribution >= 4 is 5.91 Å². The van der Waals surface area contributed by atoms with E-state index in [1.807, 2.05) is 24.3 Å². The van der Waals surface area contributed by atoms with Gasteiger partial charge in [-0.2, -0.15) is 13.2 Å². The van der Waals surface area contributed by atoms with Crippen LogP contribution in [0.5, 0.6) is 23.0 Å². The SMILES string of the molecule is O=C(NCc1ccc(C(F)(F)F)cc1)[C@@H](Cc1ccc2c(c1)OCO2)[C@@H](CO)Cc1ccc2c(c1)OCO2. The fraction of sp³-hybridized carbons (Fsp3) is 0.321. The molecule has 3 aromatic carbocycles. The first-order chi connectivity index (χ1) is 18.3. The summed E-state index contributed by atoms with van der Waals surface area (Å²) in [5.74, 6) is 1.05. The summed E-state index contributed by atoms with van der Waals surface area (Å²) in [6.45, 7) is 0.0641. The number of halogens is 3. The standard InChI is InChI=1S/C28H26F3NO6/c29-28(30,31)21-5-1-17(2-6-21)13-32-27(34)22(10-19-4-8-24-26(12-19)38-16-36-24)20(14-33)9-18-3-7-23-25(11-18)37-15-35-23/h1-8,11-12,20,22,33H,9-10,13-16H2,(H,32,34)/t20-,22+/m1/s1. The van der Waals surface area contributed by atoms with Crippen LogP contribution in [-0.4, -0.2) is 31.2 Å². The lowest BCUT2D eigenvalue weighted by molar-refractivity contribution is -0.137. The summed E-state index contributed by atoms with van der Waals surface area (Å²) in [6.07, 6.45) is -3.72. The second-order valence-corrected chi connectivity index (χ2v) is 9.25.